The quantitative estimate of drug-likeness (QED) is 0.779. The lowest BCUT2D eigenvalue weighted by molar-refractivity contribution is -0.155. The number of likely N-dealkylation sites (tertiary alicyclic amines) is 1. The molecule has 1 fully saturated rings. The number of benzene rings is 1. The number of hydrogen-bond acceptors (Lipinski definition) is 2. The Morgan fingerprint density at radius 3 is 2.53 bits per heavy atom. The number of piperidine rings is 1. The largest absolute Gasteiger partial charge is 0.278 e. The fourth-order valence-electron chi connectivity index (χ4n) is 2.75. The highest BCUT2D eigenvalue weighted by molar-refractivity contribution is 5.99. The SMILES string of the molecule is CCC[C@H]1C(=O)N(Cc2ccccc2)C(=O)C[C@H]1C. The van der Waals surface area contributed by atoms with Gasteiger partial charge in [-0.2, -0.15) is 0 Å². The highest BCUT2D eigenvalue weighted by atomic mass is 16.2. The van der Waals surface area contributed by atoms with E-state index in [1.807, 2.05) is 37.3 Å². The van der Waals surface area contributed by atoms with Crippen molar-refractivity contribution in [3.63, 3.8) is 0 Å². The topological polar surface area (TPSA) is 37.4 Å². The maximum atomic E-state index is 12.4. The van der Waals surface area contributed by atoms with E-state index in [-0.39, 0.29) is 23.7 Å². The van der Waals surface area contributed by atoms with Gasteiger partial charge in [-0.05, 0) is 17.9 Å². The normalized spacial score (nSPS) is 23.8. The van der Waals surface area contributed by atoms with Crippen molar-refractivity contribution in [3.8, 4) is 0 Å². The van der Waals surface area contributed by atoms with Gasteiger partial charge in [0.2, 0.25) is 11.8 Å². The Bertz CT molecular complexity index is 455. The molecule has 1 aliphatic heterocycles. The second-order valence-electron chi connectivity index (χ2n) is 5.38. The Morgan fingerprint density at radius 1 is 1.21 bits per heavy atom. The molecule has 0 aliphatic carbocycles. The third-order valence-corrected chi connectivity index (χ3v) is 3.85. The lowest BCUT2D eigenvalue weighted by Gasteiger charge is -2.34. The molecule has 2 amide bonds. The number of hydrogen-bond donors (Lipinski definition) is 0. The monoisotopic (exact) mass is 259 g/mol. The number of rotatable bonds is 4. The van der Waals surface area contributed by atoms with Crippen molar-refractivity contribution < 1.29 is 9.59 Å². The summed E-state index contributed by atoms with van der Waals surface area (Å²) in [5, 5.41) is 0. The molecule has 1 aliphatic rings. The zero-order chi connectivity index (χ0) is 13.8. The maximum Gasteiger partial charge on any atom is 0.232 e. The Hall–Kier alpha value is -1.64. The van der Waals surface area contributed by atoms with Crippen LogP contribution in [0.4, 0.5) is 0 Å². The van der Waals surface area contributed by atoms with Crippen LogP contribution in [0.25, 0.3) is 0 Å². The Kier molecular flexibility index (Phi) is 4.35. The van der Waals surface area contributed by atoms with Crippen LogP contribution >= 0.6 is 0 Å². The minimum Gasteiger partial charge on any atom is -0.278 e. The van der Waals surface area contributed by atoms with Gasteiger partial charge >= 0.3 is 0 Å². The van der Waals surface area contributed by atoms with Crippen molar-refractivity contribution in [1.82, 2.24) is 4.90 Å². The molecule has 3 nitrogen and oxygen atoms in total. The highest BCUT2D eigenvalue weighted by Gasteiger charge is 2.38. The molecule has 1 aromatic carbocycles. The predicted molar refractivity (Wildman–Crippen MR) is 74.2 cm³/mol. The summed E-state index contributed by atoms with van der Waals surface area (Å²) < 4.78 is 0. The van der Waals surface area contributed by atoms with Gasteiger partial charge in [0.25, 0.3) is 0 Å². The number of imide groups is 1. The first-order chi connectivity index (χ1) is 9.13. The Balaban J connectivity index is 2.14. The minimum absolute atomic E-state index is 0.00594. The molecule has 0 radical (unpaired) electrons. The van der Waals surface area contributed by atoms with Crippen molar-refractivity contribution in [2.45, 2.75) is 39.7 Å². The van der Waals surface area contributed by atoms with Gasteiger partial charge < -0.3 is 0 Å². The van der Waals surface area contributed by atoms with Gasteiger partial charge in [0.15, 0.2) is 0 Å². The van der Waals surface area contributed by atoms with Crippen LogP contribution in [0.2, 0.25) is 0 Å². The van der Waals surface area contributed by atoms with Crippen LogP contribution in [0, 0.1) is 11.8 Å². The lowest BCUT2D eigenvalue weighted by atomic mass is 9.83. The highest BCUT2D eigenvalue weighted by Crippen LogP contribution is 2.29. The van der Waals surface area contributed by atoms with Gasteiger partial charge in [-0.15, -0.1) is 0 Å². The lowest BCUT2D eigenvalue weighted by Crippen LogP contribution is -2.47. The molecule has 102 valence electrons. The van der Waals surface area contributed by atoms with Crippen molar-refractivity contribution in [2.75, 3.05) is 0 Å². The second kappa shape index (κ2) is 6.00. The van der Waals surface area contributed by atoms with E-state index in [2.05, 4.69) is 6.92 Å². The van der Waals surface area contributed by atoms with Crippen molar-refractivity contribution in [3.05, 3.63) is 35.9 Å². The average molecular weight is 259 g/mol. The van der Waals surface area contributed by atoms with E-state index in [9.17, 15) is 9.59 Å². The van der Waals surface area contributed by atoms with Crippen LogP contribution in [0.1, 0.15) is 38.7 Å². The predicted octanol–water partition coefficient (Wildman–Crippen LogP) is 3.00. The minimum atomic E-state index is -0.0336. The molecule has 0 unspecified atom stereocenters. The summed E-state index contributed by atoms with van der Waals surface area (Å²) >= 11 is 0. The van der Waals surface area contributed by atoms with E-state index in [0.29, 0.717) is 13.0 Å². The first-order valence-corrected chi connectivity index (χ1v) is 7.01. The summed E-state index contributed by atoms with van der Waals surface area (Å²) in [6.45, 7) is 4.50. The van der Waals surface area contributed by atoms with E-state index in [4.69, 9.17) is 0 Å². The zero-order valence-electron chi connectivity index (χ0n) is 11.6. The molecular weight excluding hydrogens is 238 g/mol. The second-order valence-corrected chi connectivity index (χ2v) is 5.38. The van der Waals surface area contributed by atoms with Gasteiger partial charge in [0, 0.05) is 12.3 Å². The summed E-state index contributed by atoms with van der Waals surface area (Å²) in [5.41, 5.74) is 1.01. The zero-order valence-corrected chi connectivity index (χ0v) is 11.6. The smallest absolute Gasteiger partial charge is 0.232 e. The third-order valence-electron chi connectivity index (χ3n) is 3.85. The number of nitrogens with zero attached hydrogens (tertiary/aromatic N) is 1. The third kappa shape index (κ3) is 3.03. The van der Waals surface area contributed by atoms with Crippen molar-refractivity contribution in [1.29, 1.82) is 0 Å². The van der Waals surface area contributed by atoms with Gasteiger partial charge in [-0.25, -0.2) is 0 Å². The molecule has 19 heavy (non-hydrogen) atoms. The van der Waals surface area contributed by atoms with Gasteiger partial charge in [-0.1, -0.05) is 50.6 Å². The van der Waals surface area contributed by atoms with E-state index in [1.165, 1.54) is 4.90 Å². The first-order valence-electron chi connectivity index (χ1n) is 7.01. The van der Waals surface area contributed by atoms with Crippen LogP contribution in [0.3, 0.4) is 0 Å². The Morgan fingerprint density at radius 2 is 1.89 bits per heavy atom. The van der Waals surface area contributed by atoms with E-state index in [0.717, 1.165) is 18.4 Å². The summed E-state index contributed by atoms with van der Waals surface area (Å²) in [7, 11) is 0. The van der Waals surface area contributed by atoms with Crippen molar-refractivity contribution in [2.24, 2.45) is 11.8 Å². The van der Waals surface area contributed by atoms with Crippen molar-refractivity contribution >= 4 is 11.8 Å². The standard InChI is InChI=1S/C16H21NO2/c1-3-7-14-12(2)10-15(18)17(16(14)19)11-13-8-5-4-6-9-13/h4-6,8-9,12,14H,3,7,10-11H2,1-2H3/t12-,14-/m1/s1. The molecule has 3 heteroatoms. The van der Waals surface area contributed by atoms with Gasteiger partial charge in [0.1, 0.15) is 0 Å². The number of amides is 2. The molecular formula is C16H21NO2. The molecule has 2 rings (SSSR count). The summed E-state index contributed by atoms with van der Waals surface area (Å²) in [5.74, 6) is 0.154. The first kappa shape index (κ1) is 13.8. The molecule has 0 saturated carbocycles. The van der Waals surface area contributed by atoms with Gasteiger partial charge in [0.05, 0.1) is 6.54 Å². The Labute approximate surface area is 114 Å². The fraction of sp³-hybridized carbons (Fsp3) is 0.500. The van der Waals surface area contributed by atoms with E-state index in [1.54, 1.807) is 0 Å². The maximum absolute atomic E-state index is 12.4. The van der Waals surface area contributed by atoms with E-state index >= 15 is 0 Å². The van der Waals surface area contributed by atoms with E-state index < -0.39 is 0 Å². The molecule has 1 saturated heterocycles. The molecule has 0 N–H and O–H groups in total. The summed E-state index contributed by atoms with van der Waals surface area (Å²) in [6, 6.07) is 9.70. The molecule has 0 aromatic heterocycles. The van der Waals surface area contributed by atoms with Crippen LogP contribution in [-0.2, 0) is 16.1 Å². The number of carbonyl (C=O) groups excluding carboxylic acids is 2. The summed E-state index contributed by atoms with van der Waals surface area (Å²) in [6.07, 6.45) is 2.34. The molecule has 1 aromatic rings. The van der Waals surface area contributed by atoms with Crippen LogP contribution in [-0.4, -0.2) is 16.7 Å². The number of carbonyl (C=O) groups is 2. The molecule has 1 heterocycles. The molecule has 0 spiro atoms. The molecule has 2 atom stereocenters. The average Bonchev–Trinajstić information content (AvgIpc) is 2.41. The van der Waals surface area contributed by atoms with Crippen LogP contribution in [0.5, 0.6) is 0 Å². The fourth-order valence-corrected chi connectivity index (χ4v) is 2.75. The van der Waals surface area contributed by atoms with Crippen LogP contribution < -0.4 is 0 Å². The molecule has 0 bridgehead atoms. The van der Waals surface area contributed by atoms with Crippen LogP contribution in [0.15, 0.2) is 30.3 Å². The summed E-state index contributed by atoms with van der Waals surface area (Å²) in [4.78, 5) is 26.0. The van der Waals surface area contributed by atoms with Gasteiger partial charge in [-0.3, -0.25) is 14.5 Å².